The molecule has 0 spiro atoms. The van der Waals surface area contributed by atoms with Crippen LogP contribution in [0, 0.1) is 5.92 Å². The summed E-state index contributed by atoms with van der Waals surface area (Å²) in [6.45, 7) is 6.51. The summed E-state index contributed by atoms with van der Waals surface area (Å²) in [5.41, 5.74) is 6.87. The zero-order chi connectivity index (χ0) is 20.4. The third-order valence-corrected chi connectivity index (χ3v) is 5.18. The third-order valence-electron chi connectivity index (χ3n) is 4.94. The predicted octanol–water partition coefficient (Wildman–Crippen LogP) is 3.13. The molecule has 28 heavy (non-hydrogen) atoms. The monoisotopic (exact) mass is 404 g/mol. The molecule has 6 nitrogen and oxygen atoms in total. The van der Waals surface area contributed by atoms with Crippen molar-refractivity contribution in [3.05, 3.63) is 35.4 Å². The van der Waals surface area contributed by atoms with Crippen molar-refractivity contribution in [3.63, 3.8) is 0 Å². The number of carbonyl (C=O) groups is 2. The van der Waals surface area contributed by atoms with Crippen LogP contribution in [-0.4, -0.2) is 34.9 Å². The van der Waals surface area contributed by atoms with E-state index >= 15 is 0 Å². The van der Waals surface area contributed by atoms with Gasteiger partial charge in [0.2, 0.25) is 5.91 Å². The van der Waals surface area contributed by atoms with E-state index in [9.17, 15) is 9.59 Å². The molecule has 2 amide bonds. The Balaban J connectivity index is 1.74. The number of hydrogen-bond donors (Lipinski definition) is 3. The Bertz CT molecular complexity index is 680. The third kappa shape index (κ3) is 7.46. The van der Waals surface area contributed by atoms with Crippen molar-refractivity contribution in [2.45, 2.75) is 58.9 Å². The zero-order valence-electron chi connectivity index (χ0n) is 16.9. The summed E-state index contributed by atoms with van der Waals surface area (Å²) >= 11 is 5.23. The minimum Gasteiger partial charge on any atom is -0.361 e. The van der Waals surface area contributed by atoms with Gasteiger partial charge in [-0.05, 0) is 48.7 Å². The van der Waals surface area contributed by atoms with Crippen LogP contribution in [0.25, 0.3) is 0 Å². The second-order valence-corrected chi connectivity index (χ2v) is 7.92. The molecule has 1 atom stereocenters. The van der Waals surface area contributed by atoms with Crippen molar-refractivity contribution in [1.29, 1.82) is 0 Å². The molecule has 1 heterocycles. The molecule has 0 saturated carbocycles. The first-order valence-electron chi connectivity index (χ1n) is 10.2. The molecule has 1 aromatic rings. The molecule has 0 radical (unpaired) electrons. The molecule has 1 aromatic carbocycles. The van der Waals surface area contributed by atoms with Gasteiger partial charge in [-0.2, -0.15) is 0 Å². The Morgan fingerprint density at radius 1 is 1.29 bits per heavy atom. The first-order valence-corrected chi connectivity index (χ1v) is 10.6. The summed E-state index contributed by atoms with van der Waals surface area (Å²) in [7, 11) is 0. The van der Waals surface area contributed by atoms with Gasteiger partial charge in [0, 0.05) is 31.6 Å². The standard InChI is InChI=1S/C21H32N4O2S/c1-3-4-5-8-16(2)14-22-21(28)24-23-20(27)18-10-6-9-17(13-18)15-25-12-7-11-19(25)26/h6,9-10,13,16H,3-5,7-8,11-12,14-15H2,1-2H3,(H,23,27)(H2,22,24,28)/t16-/m0/s1. The minimum absolute atomic E-state index is 0.178. The van der Waals surface area contributed by atoms with E-state index in [1.54, 1.807) is 6.07 Å². The van der Waals surface area contributed by atoms with Gasteiger partial charge in [-0.1, -0.05) is 45.2 Å². The van der Waals surface area contributed by atoms with E-state index in [0.29, 0.717) is 29.6 Å². The maximum atomic E-state index is 12.4. The van der Waals surface area contributed by atoms with Gasteiger partial charge >= 0.3 is 0 Å². The van der Waals surface area contributed by atoms with Crippen molar-refractivity contribution in [3.8, 4) is 0 Å². The molecule has 0 bridgehead atoms. The number of carbonyl (C=O) groups excluding carboxylic acids is 2. The van der Waals surface area contributed by atoms with Crippen LogP contribution in [0.2, 0.25) is 0 Å². The lowest BCUT2D eigenvalue weighted by molar-refractivity contribution is -0.128. The van der Waals surface area contributed by atoms with Crippen LogP contribution in [0.1, 0.15) is 68.3 Å². The molecule has 2 rings (SSSR count). The average molecular weight is 405 g/mol. The SMILES string of the molecule is CCCCC[C@H](C)CNC(=S)NNC(=O)c1cccc(CN2CCCC2=O)c1. The molecule has 154 valence electrons. The fraction of sp³-hybridized carbons (Fsp3) is 0.571. The lowest BCUT2D eigenvalue weighted by Gasteiger charge is -2.17. The molecule has 0 unspecified atom stereocenters. The highest BCUT2D eigenvalue weighted by Gasteiger charge is 2.20. The first kappa shape index (κ1) is 22.1. The van der Waals surface area contributed by atoms with E-state index < -0.39 is 0 Å². The number of benzene rings is 1. The second kappa shape index (κ2) is 11.6. The van der Waals surface area contributed by atoms with Crippen LogP contribution in [0.5, 0.6) is 0 Å². The molecule has 1 fully saturated rings. The van der Waals surface area contributed by atoms with E-state index in [2.05, 4.69) is 30.0 Å². The topological polar surface area (TPSA) is 73.5 Å². The molecule has 0 aliphatic carbocycles. The molecule has 3 N–H and O–H groups in total. The Morgan fingerprint density at radius 2 is 2.11 bits per heavy atom. The molecular weight excluding hydrogens is 372 g/mol. The average Bonchev–Trinajstić information content (AvgIpc) is 3.09. The Morgan fingerprint density at radius 3 is 2.82 bits per heavy atom. The number of unbranched alkanes of at least 4 members (excludes halogenated alkanes) is 2. The maximum absolute atomic E-state index is 12.4. The van der Waals surface area contributed by atoms with Crippen LogP contribution in [0.4, 0.5) is 0 Å². The van der Waals surface area contributed by atoms with Crippen molar-refractivity contribution < 1.29 is 9.59 Å². The van der Waals surface area contributed by atoms with Crippen LogP contribution in [-0.2, 0) is 11.3 Å². The van der Waals surface area contributed by atoms with E-state index in [1.807, 2.05) is 23.1 Å². The number of hydrazine groups is 1. The van der Waals surface area contributed by atoms with Gasteiger partial charge in [0.25, 0.3) is 5.91 Å². The number of rotatable bonds is 9. The lowest BCUT2D eigenvalue weighted by Crippen LogP contribution is -2.47. The number of likely N-dealkylation sites (tertiary alicyclic amines) is 1. The van der Waals surface area contributed by atoms with Crippen LogP contribution in [0.3, 0.4) is 0 Å². The predicted molar refractivity (Wildman–Crippen MR) is 116 cm³/mol. The molecule has 0 aromatic heterocycles. The fourth-order valence-electron chi connectivity index (χ4n) is 3.24. The molecule has 1 aliphatic rings. The van der Waals surface area contributed by atoms with Gasteiger partial charge in [-0.3, -0.25) is 20.4 Å². The number of hydrogen-bond acceptors (Lipinski definition) is 3. The Kier molecular flexibility index (Phi) is 9.20. The highest BCUT2D eigenvalue weighted by Crippen LogP contribution is 2.15. The van der Waals surface area contributed by atoms with Crippen molar-refractivity contribution in [2.24, 2.45) is 5.92 Å². The van der Waals surface area contributed by atoms with E-state index in [4.69, 9.17) is 12.2 Å². The highest BCUT2D eigenvalue weighted by molar-refractivity contribution is 7.80. The van der Waals surface area contributed by atoms with Gasteiger partial charge in [0.15, 0.2) is 5.11 Å². The van der Waals surface area contributed by atoms with E-state index in [-0.39, 0.29) is 11.8 Å². The molecular formula is C21H32N4O2S. The number of thiocarbonyl (C=S) groups is 1. The molecule has 1 aliphatic heterocycles. The van der Waals surface area contributed by atoms with Crippen LogP contribution >= 0.6 is 12.2 Å². The van der Waals surface area contributed by atoms with Crippen LogP contribution in [0.15, 0.2) is 24.3 Å². The summed E-state index contributed by atoms with van der Waals surface area (Å²) in [5, 5.41) is 3.55. The summed E-state index contributed by atoms with van der Waals surface area (Å²) in [4.78, 5) is 26.0. The van der Waals surface area contributed by atoms with Gasteiger partial charge in [0.1, 0.15) is 0 Å². The zero-order valence-corrected chi connectivity index (χ0v) is 17.7. The normalized spacial score (nSPS) is 14.6. The van der Waals surface area contributed by atoms with Gasteiger partial charge < -0.3 is 10.2 Å². The first-order chi connectivity index (χ1) is 13.5. The number of nitrogens with one attached hydrogen (secondary N) is 3. The van der Waals surface area contributed by atoms with Crippen molar-refractivity contribution in [2.75, 3.05) is 13.1 Å². The second-order valence-electron chi connectivity index (χ2n) is 7.51. The maximum Gasteiger partial charge on any atom is 0.269 e. The van der Waals surface area contributed by atoms with E-state index in [1.165, 1.54) is 25.7 Å². The Labute approximate surface area is 173 Å². The number of amides is 2. The molecule has 1 saturated heterocycles. The van der Waals surface area contributed by atoms with Crippen molar-refractivity contribution >= 4 is 29.1 Å². The summed E-state index contributed by atoms with van der Waals surface area (Å²) in [6, 6.07) is 7.33. The minimum atomic E-state index is -0.255. The fourth-order valence-corrected chi connectivity index (χ4v) is 3.38. The Hall–Kier alpha value is -2.15. The highest BCUT2D eigenvalue weighted by atomic mass is 32.1. The summed E-state index contributed by atoms with van der Waals surface area (Å²) in [6.07, 6.45) is 6.41. The van der Waals surface area contributed by atoms with E-state index in [0.717, 1.165) is 25.1 Å². The lowest BCUT2D eigenvalue weighted by atomic mass is 10.0. The van der Waals surface area contributed by atoms with Gasteiger partial charge in [0.05, 0.1) is 0 Å². The largest absolute Gasteiger partial charge is 0.361 e. The summed E-state index contributed by atoms with van der Waals surface area (Å²) in [5.74, 6) is 0.457. The number of nitrogens with zero attached hydrogens (tertiary/aromatic N) is 1. The summed E-state index contributed by atoms with van der Waals surface area (Å²) < 4.78 is 0. The van der Waals surface area contributed by atoms with Gasteiger partial charge in [-0.15, -0.1) is 0 Å². The van der Waals surface area contributed by atoms with Gasteiger partial charge in [-0.25, -0.2) is 0 Å². The molecule has 7 heteroatoms. The smallest absolute Gasteiger partial charge is 0.269 e. The quantitative estimate of drug-likeness (QED) is 0.335. The van der Waals surface area contributed by atoms with Crippen molar-refractivity contribution in [1.82, 2.24) is 21.1 Å². The van der Waals surface area contributed by atoms with Crippen LogP contribution < -0.4 is 16.2 Å².